The van der Waals surface area contributed by atoms with Crippen molar-refractivity contribution in [1.82, 2.24) is 0 Å². The molecule has 0 aromatic heterocycles. The second kappa shape index (κ2) is 3.46. The highest BCUT2D eigenvalue weighted by molar-refractivity contribution is 5.02. The van der Waals surface area contributed by atoms with E-state index >= 15 is 0 Å². The highest BCUT2D eigenvalue weighted by Crippen LogP contribution is 2.23. The zero-order valence-corrected chi connectivity index (χ0v) is 6.23. The summed E-state index contributed by atoms with van der Waals surface area (Å²) in [6, 6.07) is 0. The molecule has 3 atom stereocenters. The summed E-state index contributed by atoms with van der Waals surface area (Å²) < 4.78 is 9.66. The Kier molecular flexibility index (Phi) is 2.80. The van der Waals surface area contributed by atoms with Crippen molar-refractivity contribution < 1.29 is 19.7 Å². The van der Waals surface area contributed by atoms with Gasteiger partial charge in [-0.15, -0.1) is 0 Å². The van der Waals surface area contributed by atoms with Crippen LogP contribution in [0.4, 0.5) is 0 Å². The first-order valence-corrected chi connectivity index (χ1v) is 3.30. The fourth-order valence-corrected chi connectivity index (χ4v) is 0.969. The summed E-state index contributed by atoms with van der Waals surface area (Å²) in [6.07, 6.45) is -2.67. The lowest BCUT2D eigenvalue weighted by Gasteiger charge is -2.10. The minimum absolute atomic E-state index is 0.153. The fourth-order valence-electron chi connectivity index (χ4n) is 0.969. The molecule has 3 unspecified atom stereocenters. The lowest BCUT2D eigenvalue weighted by molar-refractivity contribution is -0.0174. The van der Waals surface area contributed by atoms with E-state index in [0.717, 1.165) is 0 Å². The number of rotatable bonds is 2. The molecule has 11 heavy (non-hydrogen) atoms. The van der Waals surface area contributed by atoms with E-state index in [0.29, 0.717) is 0 Å². The SMILES string of the molecule is COCC1OC(N)C(O)[C]1O. The summed E-state index contributed by atoms with van der Waals surface area (Å²) in [4.78, 5) is 0. The molecule has 0 aromatic rings. The van der Waals surface area contributed by atoms with Crippen molar-refractivity contribution in [2.24, 2.45) is 5.73 Å². The van der Waals surface area contributed by atoms with Crippen LogP contribution in [-0.4, -0.2) is 42.4 Å². The lowest BCUT2D eigenvalue weighted by atomic mass is 10.1. The van der Waals surface area contributed by atoms with Crippen molar-refractivity contribution in [2.45, 2.75) is 18.4 Å². The van der Waals surface area contributed by atoms with Crippen molar-refractivity contribution in [2.75, 3.05) is 13.7 Å². The molecule has 0 saturated carbocycles. The first-order valence-electron chi connectivity index (χ1n) is 3.30. The quantitative estimate of drug-likeness (QED) is 0.464. The Morgan fingerprint density at radius 1 is 1.73 bits per heavy atom. The molecule has 0 amide bonds. The third-order valence-corrected chi connectivity index (χ3v) is 1.58. The minimum Gasteiger partial charge on any atom is -0.386 e. The summed E-state index contributed by atoms with van der Waals surface area (Å²) in [6.45, 7) is 0.205. The average Bonchev–Trinajstić information content (AvgIpc) is 2.19. The number of ether oxygens (including phenoxy) is 2. The average molecular weight is 162 g/mol. The van der Waals surface area contributed by atoms with Gasteiger partial charge in [-0.3, -0.25) is 0 Å². The standard InChI is InChI=1S/C6H12NO4/c1-10-2-3-4(8)5(9)6(7)11-3/h3,5-6,8-9H,2,7H2,1H3. The Balaban J connectivity index is 2.45. The summed E-state index contributed by atoms with van der Waals surface area (Å²) >= 11 is 0. The van der Waals surface area contributed by atoms with Gasteiger partial charge in [0.2, 0.25) is 0 Å². The van der Waals surface area contributed by atoms with Crippen LogP contribution in [0.5, 0.6) is 0 Å². The lowest BCUT2D eigenvalue weighted by Crippen LogP contribution is -2.32. The topological polar surface area (TPSA) is 84.9 Å². The van der Waals surface area contributed by atoms with E-state index in [4.69, 9.17) is 25.4 Å². The molecule has 65 valence electrons. The van der Waals surface area contributed by atoms with Crippen LogP contribution in [0.25, 0.3) is 0 Å². The van der Waals surface area contributed by atoms with E-state index in [2.05, 4.69) is 0 Å². The van der Waals surface area contributed by atoms with E-state index in [9.17, 15) is 0 Å². The van der Waals surface area contributed by atoms with Crippen LogP contribution < -0.4 is 5.73 Å². The predicted octanol–water partition coefficient (Wildman–Crippen LogP) is -1.42. The number of methoxy groups -OCH3 is 1. The summed E-state index contributed by atoms with van der Waals surface area (Å²) in [5.41, 5.74) is 5.28. The van der Waals surface area contributed by atoms with Crippen molar-refractivity contribution in [3.63, 3.8) is 0 Å². The molecule has 5 heteroatoms. The normalized spacial score (nSPS) is 39.8. The molecular formula is C6H12NO4. The third-order valence-electron chi connectivity index (χ3n) is 1.58. The number of hydrogen-bond donors (Lipinski definition) is 3. The van der Waals surface area contributed by atoms with E-state index < -0.39 is 18.4 Å². The van der Waals surface area contributed by atoms with Crippen molar-refractivity contribution in [3.05, 3.63) is 6.10 Å². The third kappa shape index (κ3) is 1.69. The Morgan fingerprint density at radius 2 is 2.36 bits per heavy atom. The molecule has 1 radical (unpaired) electrons. The first-order chi connectivity index (χ1) is 5.16. The molecular weight excluding hydrogens is 150 g/mol. The molecule has 0 spiro atoms. The predicted molar refractivity (Wildman–Crippen MR) is 35.9 cm³/mol. The Labute approximate surface area is 64.7 Å². The molecule has 1 fully saturated rings. The maximum Gasteiger partial charge on any atom is 0.156 e. The van der Waals surface area contributed by atoms with E-state index in [-0.39, 0.29) is 12.7 Å². The van der Waals surface area contributed by atoms with E-state index in [1.165, 1.54) is 7.11 Å². The van der Waals surface area contributed by atoms with Crippen molar-refractivity contribution >= 4 is 0 Å². The maximum absolute atomic E-state index is 9.14. The zero-order chi connectivity index (χ0) is 8.43. The van der Waals surface area contributed by atoms with Gasteiger partial charge in [0, 0.05) is 7.11 Å². The number of aliphatic hydroxyl groups is 2. The van der Waals surface area contributed by atoms with Gasteiger partial charge < -0.3 is 25.4 Å². The molecule has 1 heterocycles. The van der Waals surface area contributed by atoms with Crippen LogP contribution in [0, 0.1) is 6.10 Å². The molecule has 1 aliphatic rings. The van der Waals surface area contributed by atoms with Crippen LogP contribution in [-0.2, 0) is 9.47 Å². The molecule has 0 aliphatic carbocycles. The zero-order valence-electron chi connectivity index (χ0n) is 6.23. The fraction of sp³-hybridized carbons (Fsp3) is 0.833. The molecule has 0 bridgehead atoms. The van der Waals surface area contributed by atoms with Crippen molar-refractivity contribution in [3.8, 4) is 0 Å². The number of nitrogens with two attached hydrogens (primary N) is 1. The maximum atomic E-state index is 9.14. The van der Waals surface area contributed by atoms with Gasteiger partial charge in [0.15, 0.2) is 6.10 Å². The van der Waals surface area contributed by atoms with Crippen LogP contribution in [0.15, 0.2) is 0 Å². The molecule has 0 aromatic carbocycles. The van der Waals surface area contributed by atoms with Gasteiger partial charge in [-0.1, -0.05) is 0 Å². The smallest absolute Gasteiger partial charge is 0.156 e. The van der Waals surface area contributed by atoms with Gasteiger partial charge in [-0.25, -0.2) is 0 Å². The Morgan fingerprint density at radius 3 is 2.73 bits per heavy atom. The van der Waals surface area contributed by atoms with Crippen LogP contribution in [0.1, 0.15) is 0 Å². The van der Waals surface area contributed by atoms with Gasteiger partial charge in [-0.2, -0.15) is 0 Å². The second-order valence-corrected chi connectivity index (χ2v) is 2.41. The van der Waals surface area contributed by atoms with Gasteiger partial charge >= 0.3 is 0 Å². The van der Waals surface area contributed by atoms with E-state index in [1.807, 2.05) is 0 Å². The molecule has 4 N–H and O–H groups in total. The van der Waals surface area contributed by atoms with Crippen LogP contribution >= 0.6 is 0 Å². The monoisotopic (exact) mass is 162 g/mol. The van der Waals surface area contributed by atoms with Crippen LogP contribution in [0.3, 0.4) is 0 Å². The summed E-state index contributed by atoms with van der Waals surface area (Å²) in [5.74, 6) is 0. The minimum atomic E-state index is -1.09. The highest BCUT2D eigenvalue weighted by Gasteiger charge is 2.41. The first kappa shape index (κ1) is 8.89. The van der Waals surface area contributed by atoms with Crippen LogP contribution in [0.2, 0.25) is 0 Å². The van der Waals surface area contributed by atoms with Crippen molar-refractivity contribution in [1.29, 1.82) is 0 Å². The van der Waals surface area contributed by atoms with Gasteiger partial charge in [-0.05, 0) is 0 Å². The highest BCUT2D eigenvalue weighted by atomic mass is 16.6. The molecule has 5 nitrogen and oxygen atoms in total. The summed E-state index contributed by atoms with van der Waals surface area (Å²) in [7, 11) is 1.48. The van der Waals surface area contributed by atoms with E-state index in [1.54, 1.807) is 0 Å². The Hall–Kier alpha value is -0.200. The van der Waals surface area contributed by atoms with Gasteiger partial charge in [0.05, 0.1) is 6.61 Å². The van der Waals surface area contributed by atoms with Gasteiger partial charge in [0.25, 0.3) is 0 Å². The molecule has 1 saturated heterocycles. The largest absolute Gasteiger partial charge is 0.386 e. The Bertz CT molecular complexity index is 132. The summed E-state index contributed by atoms with van der Waals surface area (Å²) in [5, 5.41) is 18.2. The second-order valence-electron chi connectivity index (χ2n) is 2.41. The number of hydrogen-bond acceptors (Lipinski definition) is 5. The van der Waals surface area contributed by atoms with Gasteiger partial charge in [0.1, 0.15) is 18.4 Å². The number of aliphatic hydroxyl groups excluding tert-OH is 2. The molecule has 1 aliphatic heterocycles. The molecule has 1 rings (SSSR count).